The zero-order chi connectivity index (χ0) is 17.0. The Morgan fingerprint density at radius 3 is 2.52 bits per heavy atom. The second-order valence-electron chi connectivity index (χ2n) is 5.50. The molecule has 1 aliphatic rings. The Morgan fingerprint density at radius 2 is 1.96 bits per heavy atom. The van der Waals surface area contributed by atoms with Crippen LogP contribution in [-0.2, 0) is 9.53 Å². The maximum atomic E-state index is 11.9. The van der Waals surface area contributed by atoms with Crippen molar-refractivity contribution in [2.45, 2.75) is 25.9 Å². The Kier molecular flexibility index (Phi) is 4.98. The van der Waals surface area contributed by atoms with Crippen LogP contribution in [0, 0.1) is 18.3 Å². The van der Waals surface area contributed by atoms with Crippen molar-refractivity contribution in [1.29, 1.82) is 5.26 Å². The van der Waals surface area contributed by atoms with Crippen LogP contribution in [0.1, 0.15) is 24.0 Å². The summed E-state index contributed by atoms with van der Waals surface area (Å²) in [6.45, 7) is 11.7. The van der Waals surface area contributed by atoms with Gasteiger partial charge >= 0.3 is 5.97 Å². The smallest absolute Gasteiger partial charge is 0.334 e. The van der Waals surface area contributed by atoms with Gasteiger partial charge in [-0.3, -0.25) is 0 Å². The van der Waals surface area contributed by atoms with Crippen molar-refractivity contribution in [3.05, 3.63) is 83.5 Å². The molecule has 3 nitrogen and oxygen atoms in total. The van der Waals surface area contributed by atoms with Gasteiger partial charge in [0.05, 0.1) is 12.0 Å². The number of hydrogen-bond acceptors (Lipinski definition) is 3. The molecule has 3 heteroatoms. The van der Waals surface area contributed by atoms with Gasteiger partial charge in [-0.25, -0.2) is 4.79 Å². The van der Waals surface area contributed by atoms with Gasteiger partial charge in [-0.1, -0.05) is 55.1 Å². The minimum Gasteiger partial charge on any atom is -0.453 e. The number of aryl methyl sites for hydroxylation is 1. The van der Waals surface area contributed by atoms with Crippen LogP contribution in [0.3, 0.4) is 0 Å². The fourth-order valence-electron chi connectivity index (χ4n) is 2.50. The molecule has 0 aliphatic carbocycles. The third kappa shape index (κ3) is 3.49. The van der Waals surface area contributed by atoms with E-state index in [9.17, 15) is 4.79 Å². The highest BCUT2D eigenvalue weighted by atomic mass is 16.6. The molecule has 0 aromatic heterocycles. The normalized spacial score (nSPS) is 21.3. The Labute approximate surface area is 136 Å². The first-order valence-electron chi connectivity index (χ1n) is 7.37. The van der Waals surface area contributed by atoms with Crippen molar-refractivity contribution >= 4 is 5.97 Å². The molecule has 1 heterocycles. The van der Waals surface area contributed by atoms with Gasteiger partial charge in [0.15, 0.2) is 0 Å². The molecular formula is C20H19NO2. The average molecular weight is 305 g/mol. The predicted molar refractivity (Wildman–Crippen MR) is 90.6 cm³/mol. The summed E-state index contributed by atoms with van der Waals surface area (Å²) in [6, 6.07) is 10.0. The summed E-state index contributed by atoms with van der Waals surface area (Å²) in [7, 11) is 0. The van der Waals surface area contributed by atoms with E-state index < -0.39 is 12.1 Å². The first-order chi connectivity index (χ1) is 11.0. The molecule has 0 saturated carbocycles. The van der Waals surface area contributed by atoms with Gasteiger partial charge in [0.2, 0.25) is 0 Å². The van der Waals surface area contributed by atoms with E-state index in [0.717, 1.165) is 11.1 Å². The van der Waals surface area contributed by atoms with E-state index in [4.69, 9.17) is 10.00 Å². The van der Waals surface area contributed by atoms with Crippen LogP contribution in [0.25, 0.3) is 0 Å². The molecule has 1 aromatic rings. The van der Waals surface area contributed by atoms with Gasteiger partial charge in [0, 0.05) is 11.1 Å². The number of allylic oxidation sites excluding steroid dienone is 3. The Balaban J connectivity index is 2.31. The first kappa shape index (κ1) is 16.5. The quantitative estimate of drug-likeness (QED) is 0.363. The molecule has 1 aromatic carbocycles. The van der Waals surface area contributed by atoms with E-state index in [0.29, 0.717) is 16.7 Å². The molecule has 0 N–H and O–H groups in total. The Morgan fingerprint density at radius 1 is 1.30 bits per heavy atom. The molecule has 116 valence electrons. The maximum absolute atomic E-state index is 11.9. The number of esters is 1. The zero-order valence-electron chi connectivity index (χ0n) is 13.4. The highest BCUT2D eigenvalue weighted by Crippen LogP contribution is 2.39. The molecule has 1 aliphatic heterocycles. The summed E-state index contributed by atoms with van der Waals surface area (Å²) < 4.78 is 5.44. The Bertz CT molecular complexity index is 745. The van der Waals surface area contributed by atoms with Gasteiger partial charge in [0.1, 0.15) is 6.10 Å². The first-order valence-corrected chi connectivity index (χ1v) is 7.37. The molecule has 0 radical (unpaired) electrons. The monoisotopic (exact) mass is 305 g/mol. The van der Waals surface area contributed by atoms with Gasteiger partial charge in [-0.15, -0.1) is 0 Å². The number of ether oxygens (including phenoxy) is 1. The largest absolute Gasteiger partial charge is 0.453 e. The third-order valence-corrected chi connectivity index (χ3v) is 3.89. The SMILES string of the molecule is C=C(/C=C\C(C#N)=C/C)[C@H]1OC(=O)C(=C)[C@H]1c1ccc(C)cc1. The molecule has 2 rings (SSSR count). The van der Waals surface area contributed by atoms with Crippen LogP contribution in [-0.4, -0.2) is 12.1 Å². The van der Waals surface area contributed by atoms with Crippen LogP contribution in [0.15, 0.2) is 72.4 Å². The summed E-state index contributed by atoms with van der Waals surface area (Å²) in [5.41, 5.74) is 3.71. The minimum absolute atomic E-state index is 0.253. The molecule has 0 unspecified atom stereocenters. The summed E-state index contributed by atoms with van der Waals surface area (Å²) in [6.07, 6.45) is 4.60. The van der Waals surface area contributed by atoms with Crippen molar-refractivity contribution in [3.63, 3.8) is 0 Å². The number of cyclic esters (lactones) is 1. The van der Waals surface area contributed by atoms with Crippen molar-refractivity contribution in [2.75, 3.05) is 0 Å². The molecule has 1 fully saturated rings. The van der Waals surface area contributed by atoms with Crippen LogP contribution < -0.4 is 0 Å². The second-order valence-corrected chi connectivity index (χ2v) is 5.50. The predicted octanol–water partition coefficient (Wildman–Crippen LogP) is 4.14. The van der Waals surface area contributed by atoms with Gasteiger partial charge in [-0.2, -0.15) is 5.26 Å². The van der Waals surface area contributed by atoms with Crippen molar-refractivity contribution in [1.82, 2.24) is 0 Å². The van der Waals surface area contributed by atoms with E-state index in [-0.39, 0.29) is 5.92 Å². The Hall–Kier alpha value is -2.86. The van der Waals surface area contributed by atoms with E-state index in [1.807, 2.05) is 31.2 Å². The highest BCUT2D eigenvalue weighted by molar-refractivity contribution is 5.93. The lowest BCUT2D eigenvalue weighted by molar-refractivity contribution is -0.137. The van der Waals surface area contributed by atoms with Gasteiger partial charge in [0.25, 0.3) is 0 Å². The maximum Gasteiger partial charge on any atom is 0.334 e. The average Bonchev–Trinajstić information content (AvgIpc) is 2.85. The summed E-state index contributed by atoms with van der Waals surface area (Å²) in [5.74, 6) is -0.655. The van der Waals surface area contributed by atoms with Crippen molar-refractivity contribution in [2.24, 2.45) is 0 Å². The number of nitriles is 1. The van der Waals surface area contributed by atoms with Crippen molar-refractivity contribution in [3.8, 4) is 6.07 Å². The van der Waals surface area contributed by atoms with Crippen LogP contribution in [0.5, 0.6) is 0 Å². The van der Waals surface area contributed by atoms with E-state index in [2.05, 4.69) is 19.2 Å². The lowest BCUT2D eigenvalue weighted by Gasteiger charge is -2.18. The number of benzene rings is 1. The molecule has 0 amide bonds. The van der Waals surface area contributed by atoms with Gasteiger partial charge < -0.3 is 4.74 Å². The third-order valence-electron chi connectivity index (χ3n) is 3.89. The molecule has 0 bridgehead atoms. The van der Waals surface area contributed by atoms with Crippen LogP contribution in [0.4, 0.5) is 0 Å². The topological polar surface area (TPSA) is 50.1 Å². The fourth-order valence-corrected chi connectivity index (χ4v) is 2.50. The molecule has 2 atom stereocenters. The zero-order valence-corrected chi connectivity index (χ0v) is 13.4. The summed E-state index contributed by atoms with van der Waals surface area (Å²) in [5, 5.41) is 8.95. The van der Waals surface area contributed by atoms with Gasteiger partial charge in [-0.05, 0) is 31.1 Å². The highest BCUT2D eigenvalue weighted by Gasteiger charge is 2.40. The molecule has 0 spiro atoms. The lowest BCUT2D eigenvalue weighted by atomic mass is 9.86. The summed E-state index contributed by atoms with van der Waals surface area (Å²) >= 11 is 0. The van der Waals surface area contributed by atoms with Crippen LogP contribution in [0.2, 0.25) is 0 Å². The fraction of sp³-hybridized carbons (Fsp3) is 0.200. The number of carbonyl (C=O) groups is 1. The van der Waals surface area contributed by atoms with E-state index in [1.165, 1.54) is 0 Å². The number of carbonyl (C=O) groups excluding carboxylic acids is 1. The minimum atomic E-state index is -0.495. The standard InChI is InChI=1S/C20H19NO2/c1-5-16(12-21)9-8-14(3)19-18(15(4)20(22)23-19)17-10-6-13(2)7-11-17/h5-11,18-19H,3-4H2,1-2H3/b9-8-,16-5+/t18-,19+/m0/s1. The molecule has 23 heavy (non-hydrogen) atoms. The van der Waals surface area contributed by atoms with E-state index in [1.54, 1.807) is 25.2 Å². The molecule has 1 saturated heterocycles. The lowest BCUT2D eigenvalue weighted by Crippen LogP contribution is -2.16. The van der Waals surface area contributed by atoms with E-state index >= 15 is 0 Å². The number of hydrogen-bond donors (Lipinski definition) is 0. The second kappa shape index (κ2) is 6.93. The van der Waals surface area contributed by atoms with Crippen LogP contribution >= 0.6 is 0 Å². The number of nitrogens with zero attached hydrogens (tertiary/aromatic N) is 1. The van der Waals surface area contributed by atoms with Crippen molar-refractivity contribution < 1.29 is 9.53 Å². The molecular weight excluding hydrogens is 286 g/mol. The summed E-state index contributed by atoms with van der Waals surface area (Å²) in [4.78, 5) is 11.9. The number of rotatable bonds is 4.